The quantitative estimate of drug-likeness (QED) is 0.396. The number of aryl methyl sites for hydroxylation is 1. The largest absolute Gasteiger partial charge is 0.496 e. The number of H-pyrrole nitrogens is 1. The monoisotopic (exact) mass is 471 g/mol. The first-order chi connectivity index (χ1) is 14.6. The number of aromatic nitrogens is 1. The maximum Gasteiger partial charge on any atom is 0.230 e. The van der Waals surface area contributed by atoms with Gasteiger partial charge in [-0.05, 0) is 36.1 Å². The van der Waals surface area contributed by atoms with Crippen LogP contribution in [-0.4, -0.2) is 41.8 Å². The van der Waals surface area contributed by atoms with Gasteiger partial charge in [-0.25, -0.2) is 0 Å². The van der Waals surface area contributed by atoms with Gasteiger partial charge >= 0.3 is 0 Å². The van der Waals surface area contributed by atoms with E-state index in [0.29, 0.717) is 25.8 Å². The molecule has 0 fully saturated rings. The van der Waals surface area contributed by atoms with Gasteiger partial charge in [0.15, 0.2) is 0 Å². The number of carbonyl (C=O) groups excluding carboxylic acids is 2. The van der Waals surface area contributed by atoms with E-state index < -0.39 is 0 Å². The number of rotatable bonds is 10. The summed E-state index contributed by atoms with van der Waals surface area (Å²) in [6.45, 7) is 0.364. The van der Waals surface area contributed by atoms with Gasteiger partial charge in [0.05, 0.1) is 18.5 Å². The van der Waals surface area contributed by atoms with E-state index in [2.05, 4.69) is 37.6 Å². The molecule has 30 heavy (non-hydrogen) atoms. The number of para-hydroxylation sites is 2. The molecule has 0 saturated carbocycles. The van der Waals surface area contributed by atoms with Crippen LogP contribution in [0.2, 0.25) is 0 Å². The van der Waals surface area contributed by atoms with Crippen molar-refractivity contribution in [2.45, 2.75) is 25.3 Å². The summed E-state index contributed by atoms with van der Waals surface area (Å²) in [7, 11) is 1.63. The Morgan fingerprint density at radius 2 is 1.83 bits per heavy atom. The summed E-state index contributed by atoms with van der Waals surface area (Å²) in [5.74, 6) is 0.619. The maximum absolute atomic E-state index is 12.4. The number of alkyl halides is 1. The predicted octanol–water partition coefficient (Wildman–Crippen LogP) is 3.35. The summed E-state index contributed by atoms with van der Waals surface area (Å²) in [6.07, 6.45) is 3.53. The number of benzene rings is 2. The van der Waals surface area contributed by atoms with E-state index >= 15 is 0 Å². The van der Waals surface area contributed by atoms with Crippen molar-refractivity contribution in [1.29, 1.82) is 0 Å². The standard InChI is InChI=1S/C23H26BrN3O3/c1-30-21-9-5-2-6-16(21)10-11-22(28)26-15-18(27-23(29)13-24)12-17-14-25-20-8-4-3-7-19(17)20/h2-9,14,18,25H,10-13,15H2,1H3,(H,26,28)(H,27,29). The van der Waals surface area contributed by atoms with Crippen LogP contribution in [0.1, 0.15) is 17.5 Å². The van der Waals surface area contributed by atoms with Gasteiger partial charge in [-0.15, -0.1) is 0 Å². The zero-order chi connectivity index (χ0) is 21.3. The molecule has 0 radical (unpaired) electrons. The molecule has 0 aliphatic carbocycles. The highest BCUT2D eigenvalue weighted by molar-refractivity contribution is 9.09. The van der Waals surface area contributed by atoms with Gasteiger partial charge < -0.3 is 20.4 Å². The second kappa shape index (κ2) is 10.8. The van der Waals surface area contributed by atoms with Crippen LogP contribution in [0.5, 0.6) is 5.75 Å². The first kappa shape index (κ1) is 21.9. The number of aromatic amines is 1. The normalized spacial score (nSPS) is 11.8. The molecule has 2 amide bonds. The Balaban J connectivity index is 1.59. The molecule has 1 unspecified atom stereocenters. The topological polar surface area (TPSA) is 83.2 Å². The van der Waals surface area contributed by atoms with Crippen molar-refractivity contribution in [3.05, 3.63) is 65.9 Å². The van der Waals surface area contributed by atoms with E-state index in [4.69, 9.17) is 4.74 Å². The van der Waals surface area contributed by atoms with Crippen LogP contribution in [0.4, 0.5) is 0 Å². The highest BCUT2D eigenvalue weighted by Crippen LogP contribution is 2.20. The van der Waals surface area contributed by atoms with Gasteiger partial charge in [0.1, 0.15) is 5.75 Å². The third-order valence-electron chi connectivity index (χ3n) is 4.99. The fourth-order valence-electron chi connectivity index (χ4n) is 3.49. The van der Waals surface area contributed by atoms with Crippen LogP contribution in [-0.2, 0) is 22.4 Å². The molecule has 3 rings (SSSR count). The molecule has 2 aromatic carbocycles. The van der Waals surface area contributed by atoms with Crippen LogP contribution in [0.3, 0.4) is 0 Å². The second-order valence-electron chi connectivity index (χ2n) is 7.08. The lowest BCUT2D eigenvalue weighted by Crippen LogP contribution is -2.45. The first-order valence-corrected chi connectivity index (χ1v) is 11.0. The molecule has 7 heteroatoms. The van der Waals surface area contributed by atoms with Crippen molar-refractivity contribution in [2.24, 2.45) is 0 Å². The van der Waals surface area contributed by atoms with Crippen LogP contribution in [0.15, 0.2) is 54.7 Å². The summed E-state index contributed by atoms with van der Waals surface area (Å²) < 4.78 is 5.34. The van der Waals surface area contributed by atoms with Crippen LogP contribution >= 0.6 is 15.9 Å². The number of amides is 2. The Hall–Kier alpha value is -2.80. The van der Waals surface area contributed by atoms with Crippen molar-refractivity contribution in [1.82, 2.24) is 15.6 Å². The van der Waals surface area contributed by atoms with Gasteiger partial charge in [0, 0.05) is 30.1 Å². The number of methoxy groups -OCH3 is 1. The fraction of sp³-hybridized carbons (Fsp3) is 0.304. The lowest BCUT2D eigenvalue weighted by atomic mass is 10.0. The molecule has 0 aliphatic rings. The van der Waals surface area contributed by atoms with Crippen molar-refractivity contribution in [2.75, 3.05) is 19.0 Å². The summed E-state index contributed by atoms with van der Waals surface area (Å²) in [4.78, 5) is 27.6. The van der Waals surface area contributed by atoms with Gasteiger partial charge in [-0.3, -0.25) is 9.59 Å². The van der Waals surface area contributed by atoms with Crippen LogP contribution in [0, 0.1) is 0 Å². The van der Waals surface area contributed by atoms with E-state index in [1.165, 1.54) is 0 Å². The molecule has 6 nitrogen and oxygen atoms in total. The van der Waals surface area contributed by atoms with Gasteiger partial charge in [0.25, 0.3) is 0 Å². The van der Waals surface area contributed by atoms with E-state index in [1.807, 2.05) is 48.7 Å². The molecular weight excluding hydrogens is 446 g/mol. The summed E-state index contributed by atoms with van der Waals surface area (Å²) in [6, 6.07) is 15.5. The van der Waals surface area contributed by atoms with E-state index in [0.717, 1.165) is 27.8 Å². The summed E-state index contributed by atoms with van der Waals surface area (Å²) in [5.41, 5.74) is 3.16. The number of halogens is 1. The molecule has 3 N–H and O–H groups in total. The van der Waals surface area contributed by atoms with Gasteiger partial charge in [-0.2, -0.15) is 0 Å². The Labute approximate surface area is 184 Å². The highest BCUT2D eigenvalue weighted by atomic mass is 79.9. The van der Waals surface area contributed by atoms with Crippen molar-refractivity contribution in [3.8, 4) is 5.75 Å². The third kappa shape index (κ3) is 5.86. The number of hydrogen-bond acceptors (Lipinski definition) is 3. The summed E-state index contributed by atoms with van der Waals surface area (Å²) in [5, 5.41) is 7.29. The zero-order valence-electron chi connectivity index (χ0n) is 16.9. The summed E-state index contributed by atoms with van der Waals surface area (Å²) >= 11 is 3.19. The van der Waals surface area contributed by atoms with Crippen LogP contribution in [0.25, 0.3) is 10.9 Å². The number of carbonyl (C=O) groups is 2. The van der Waals surface area contributed by atoms with E-state index in [9.17, 15) is 9.59 Å². The van der Waals surface area contributed by atoms with Crippen molar-refractivity contribution >= 4 is 38.6 Å². The first-order valence-electron chi connectivity index (χ1n) is 9.89. The number of ether oxygens (including phenoxy) is 1. The minimum absolute atomic E-state index is 0.0575. The predicted molar refractivity (Wildman–Crippen MR) is 122 cm³/mol. The molecule has 1 aromatic heterocycles. The molecule has 0 spiro atoms. The Kier molecular flexibility index (Phi) is 7.90. The maximum atomic E-state index is 12.4. The Morgan fingerprint density at radius 3 is 2.63 bits per heavy atom. The lowest BCUT2D eigenvalue weighted by Gasteiger charge is -2.19. The van der Waals surface area contributed by atoms with Gasteiger partial charge in [0.2, 0.25) is 11.8 Å². The lowest BCUT2D eigenvalue weighted by molar-refractivity contribution is -0.122. The number of fused-ring (bicyclic) bond motifs is 1. The molecule has 1 atom stereocenters. The number of nitrogens with one attached hydrogen (secondary N) is 3. The molecule has 0 bridgehead atoms. The Morgan fingerprint density at radius 1 is 1.07 bits per heavy atom. The van der Waals surface area contributed by atoms with Gasteiger partial charge in [-0.1, -0.05) is 52.3 Å². The van der Waals surface area contributed by atoms with E-state index in [1.54, 1.807) is 7.11 Å². The molecule has 0 saturated heterocycles. The minimum atomic E-state index is -0.204. The van der Waals surface area contributed by atoms with Crippen LogP contribution < -0.4 is 15.4 Å². The second-order valence-corrected chi connectivity index (χ2v) is 7.64. The van der Waals surface area contributed by atoms with Crippen molar-refractivity contribution in [3.63, 3.8) is 0 Å². The third-order valence-corrected chi connectivity index (χ3v) is 5.50. The molecule has 158 valence electrons. The molecule has 3 aromatic rings. The smallest absolute Gasteiger partial charge is 0.230 e. The highest BCUT2D eigenvalue weighted by Gasteiger charge is 2.16. The van der Waals surface area contributed by atoms with Crippen molar-refractivity contribution < 1.29 is 14.3 Å². The molecule has 1 heterocycles. The molecular formula is C23H26BrN3O3. The van der Waals surface area contributed by atoms with E-state index in [-0.39, 0.29) is 23.2 Å². The SMILES string of the molecule is COc1ccccc1CCC(=O)NCC(Cc1c[nH]c2ccccc12)NC(=O)CBr. The molecule has 0 aliphatic heterocycles. The fourth-order valence-corrected chi connectivity index (χ4v) is 3.65. The number of hydrogen-bond donors (Lipinski definition) is 3. The Bertz CT molecular complexity index is 1000. The minimum Gasteiger partial charge on any atom is -0.496 e. The zero-order valence-corrected chi connectivity index (χ0v) is 18.5. The average Bonchev–Trinajstić information content (AvgIpc) is 3.18. The average molecular weight is 472 g/mol.